The van der Waals surface area contributed by atoms with Gasteiger partial charge in [-0.15, -0.1) is 0 Å². The van der Waals surface area contributed by atoms with Crippen LogP contribution in [0.2, 0.25) is 0 Å². The van der Waals surface area contributed by atoms with Crippen molar-refractivity contribution in [2.45, 2.75) is 32.2 Å². The van der Waals surface area contributed by atoms with E-state index in [9.17, 15) is 8.78 Å². The maximum atomic E-state index is 13.0. The number of alkyl halides is 2. The number of hydrogen-bond acceptors (Lipinski definition) is 7. The molecule has 0 saturated carbocycles. The smallest absolute Gasteiger partial charge is 0.387 e. The van der Waals surface area contributed by atoms with E-state index < -0.39 is 18.3 Å². The number of nitrogens with two attached hydrogens (primary N) is 1. The van der Waals surface area contributed by atoms with Gasteiger partial charge in [0.15, 0.2) is 0 Å². The van der Waals surface area contributed by atoms with E-state index in [1.807, 2.05) is 36.4 Å². The van der Waals surface area contributed by atoms with Gasteiger partial charge in [-0.1, -0.05) is 6.07 Å². The molecule has 0 bridgehead atoms. The Morgan fingerprint density at radius 1 is 1.00 bits per heavy atom. The summed E-state index contributed by atoms with van der Waals surface area (Å²) in [5.41, 5.74) is 11.5. The molecule has 0 spiro atoms. The zero-order chi connectivity index (χ0) is 23.9. The van der Waals surface area contributed by atoms with Gasteiger partial charge in [-0.05, 0) is 66.4 Å². The van der Waals surface area contributed by atoms with Gasteiger partial charge >= 0.3 is 6.61 Å². The summed E-state index contributed by atoms with van der Waals surface area (Å²) in [5.74, 6) is 0.166. The number of pyridine rings is 2. The molecule has 3 aromatic heterocycles. The highest BCUT2D eigenvalue weighted by molar-refractivity contribution is 5.63. The molecule has 2 atom stereocenters. The van der Waals surface area contributed by atoms with E-state index in [2.05, 4.69) is 25.3 Å². The Morgan fingerprint density at radius 3 is 2.44 bits per heavy atom. The fraction of sp³-hybridized carbons (Fsp3) is 0.200. The Hall–Kier alpha value is -3.82. The molecule has 2 unspecified atom stereocenters. The summed E-state index contributed by atoms with van der Waals surface area (Å²) in [5, 5.41) is 3.53. The number of benzene rings is 1. The number of fused-ring (bicyclic) bond motifs is 1. The van der Waals surface area contributed by atoms with Crippen molar-refractivity contribution in [1.29, 1.82) is 0 Å². The summed E-state index contributed by atoms with van der Waals surface area (Å²) in [6, 6.07) is 11.4. The number of hydrogen-bond donors (Lipinski definition) is 2. The third-order valence-corrected chi connectivity index (χ3v) is 6.06. The van der Waals surface area contributed by atoms with Crippen LogP contribution in [0.1, 0.15) is 39.7 Å². The van der Waals surface area contributed by atoms with Crippen LogP contribution in [-0.4, -0.2) is 26.5 Å². The summed E-state index contributed by atoms with van der Waals surface area (Å²) in [7, 11) is 0. The Bertz CT molecular complexity index is 1330. The number of aromatic nitrogens is 4. The molecule has 172 valence electrons. The highest BCUT2D eigenvalue weighted by Crippen LogP contribution is 2.46. The van der Waals surface area contributed by atoms with Crippen molar-refractivity contribution in [3.05, 3.63) is 101 Å². The van der Waals surface area contributed by atoms with Crippen LogP contribution in [0.25, 0.3) is 11.3 Å². The van der Waals surface area contributed by atoms with Crippen LogP contribution in [0.3, 0.4) is 0 Å². The maximum absolute atomic E-state index is 13.0. The molecule has 0 fully saturated rings. The van der Waals surface area contributed by atoms with Crippen LogP contribution >= 0.6 is 0 Å². The molecule has 0 radical (unpaired) electrons. The summed E-state index contributed by atoms with van der Waals surface area (Å²) < 4.78 is 30.8. The van der Waals surface area contributed by atoms with E-state index in [1.54, 1.807) is 38.6 Å². The molecular formula is C25H22F2N6O. The van der Waals surface area contributed by atoms with Crippen LogP contribution in [0, 0.1) is 13.8 Å². The first-order chi connectivity index (χ1) is 16.4. The van der Waals surface area contributed by atoms with E-state index in [0.29, 0.717) is 22.5 Å². The molecule has 1 aliphatic rings. The lowest BCUT2D eigenvalue weighted by molar-refractivity contribution is -0.0507. The Labute approximate surface area is 195 Å². The van der Waals surface area contributed by atoms with Crippen molar-refractivity contribution >= 4 is 0 Å². The molecule has 1 aromatic carbocycles. The molecule has 4 aromatic rings. The first-order valence-electron chi connectivity index (χ1n) is 10.7. The largest absolute Gasteiger partial charge is 0.434 e. The summed E-state index contributed by atoms with van der Waals surface area (Å²) in [6.07, 6.45) is 7.73. The maximum Gasteiger partial charge on any atom is 0.387 e. The zero-order valence-electron chi connectivity index (χ0n) is 18.5. The standard InChI is InChI=1S/C25H22F2N6O/c1-14-8-18(9-15(2)22(14)34-24(26)27)25(19-4-3-6-32-21(19)23(28)33-25)17-5-7-31-20(10-17)16-11-29-13-30-12-16/h3-13,23-24,33H,28H2,1-2H3. The Balaban J connectivity index is 1.76. The first kappa shape index (κ1) is 22.0. The Morgan fingerprint density at radius 2 is 1.74 bits per heavy atom. The number of ether oxygens (including phenoxy) is 1. The van der Waals surface area contributed by atoms with Crippen LogP contribution in [0.4, 0.5) is 8.78 Å². The van der Waals surface area contributed by atoms with Crippen molar-refractivity contribution in [2.24, 2.45) is 5.73 Å². The van der Waals surface area contributed by atoms with Gasteiger partial charge in [0, 0.05) is 35.9 Å². The van der Waals surface area contributed by atoms with Gasteiger partial charge in [0.2, 0.25) is 0 Å². The van der Waals surface area contributed by atoms with E-state index in [0.717, 1.165) is 22.3 Å². The molecule has 0 saturated heterocycles. The monoisotopic (exact) mass is 460 g/mol. The average Bonchev–Trinajstić information content (AvgIpc) is 3.15. The molecule has 1 aliphatic heterocycles. The summed E-state index contributed by atoms with van der Waals surface area (Å²) >= 11 is 0. The van der Waals surface area contributed by atoms with Crippen LogP contribution < -0.4 is 15.8 Å². The van der Waals surface area contributed by atoms with E-state index in [4.69, 9.17) is 10.5 Å². The van der Waals surface area contributed by atoms with Gasteiger partial charge in [0.05, 0.1) is 16.9 Å². The molecule has 5 rings (SSSR count). The summed E-state index contributed by atoms with van der Waals surface area (Å²) in [4.78, 5) is 17.2. The second-order valence-corrected chi connectivity index (χ2v) is 8.18. The highest BCUT2D eigenvalue weighted by Gasteiger charge is 2.46. The molecule has 0 amide bonds. The quantitative estimate of drug-likeness (QED) is 0.464. The van der Waals surface area contributed by atoms with Crippen LogP contribution in [0.5, 0.6) is 5.75 Å². The number of halogens is 2. The number of nitrogens with zero attached hydrogens (tertiary/aromatic N) is 4. The highest BCUT2D eigenvalue weighted by atomic mass is 19.3. The lowest BCUT2D eigenvalue weighted by Crippen LogP contribution is -2.42. The van der Waals surface area contributed by atoms with Crippen LogP contribution in [0.15, 0.2) is 67.5 Å². The zero-order valence-corrected chi connectivity index (χ0v) is 18.5. The van der Waals surface area contributed by atoms with E-state index in [-0.39, 0.29) is 5.75 Å². The van der Waals surface area contributed by atoms with Crippen molar-refractivity contribution in [3.63, 3.8) is 0 Å². The number of aryl methyl sites for hydroxylation is 2. The van der Waals surface area contributed by atoms with Gasteiger partial charge in [-0.2, -0.15) is 8.78 Å². The first-order valence-corrected chi connectivity index (χ1v) is 10.7. The van der Waals surface area contributed by atoms with Gasteiger partial charge in [-0.25, -0.2) is 9.97 Å². The number of rotatable bonds is 5. The molecule has 9 heteroatoms. The third kappa shape index (κ3) is 3.59. The van der Waals surface area contributed by atoms with E-state index >= 15 is 0 Å². The second-order valence-electron chi connectivity index (χ2n) is 8.18. The molecule has 4 heterocycles. The van der Waals surface area contributed by atoms with Gasteiger partial charge in [0.25, 0.3) is 0 Å². The lowest BCUT2D eigenvalue weighted by atomic mass is 9.77. The van der Waals surface area contributed by atoms with Crippen LogP contribution in [-0.2, 0) is 5.54 Å². The average molecular weight is 460 g/mol. The molecule has 34 heavy (non-hydrogen) atoms. The minimum absolute atomic E-state index is 0.166. The Kier molecular flexibility index (Phi) is 5.51. The predicted octanol–water partition coefficient (Wildman–Crippen LogP) is 4.00. The molecule has 3 N–H and O–H groups in total. The second kappa shape index (κ2) is 8.51. The van der Waals surface area contributed by atoms with Crippen molar-refractivity contribution in [2.75, 3.05) is 0 Å². The number of nitrogens with one attached hydrogen (secondary N) is 1. The van der Waals surface area contributed by atoms with E-state index in [1.165, 1.54) is 6.33 Å². The van der Waals surface area contributed by atoms with Gasteiger partial charge < -0.3 is 10.5 Å². The summed E-state index contributed by atoms with van der Waals surface area (Å²) in [6.45, 7) is 0.594. The lowest BCUT2D eigenvalue weighted by Gasteiger charge is -2.34. The third-order valence-electron chi connectivity index (χ3n) is 6.06. The van der Waals surface area contributed by atoms with Crippen molar-refractivity contribution < 1.29 is 13.5 Å². The molecule has 0 aliphatic carbocycles. The topological polar surface area (TPSA) is 98.8 Å². The van der Waals surface area contributed by atoms with Gasteiger partial charge in [0.1, 0.15) is 18.2 Å². The van der Waals surface area contributed by atoms with Crippen molar-refractivity contribution in [3.8, 4) is 17.0 Å². The minimum atomic E-state index is -2.91. The minimum Gasteiger partial charge on any atom is -0.434 e. The normalized spacial score (nSPS) is 19.3. The fourth-order valence-electron chi connectivity index (χ4n) is 4.70. The predicted molar refractivity (Wildman–Crippen MR) is 122 cm³/mol. The fourth-order valence-corrected chi connectivity index (χ4v) is 4.70. The molecular weight excluding hydrogens is 438 g/mol. The van der Waals surface area contributed by atoms with Gasteiger partial charge in [-0.3, -0.25) is 15.3 Å². The molecule has 7 nitrogen and oxygen atoms in total. The SMILES string of the molecule is Cc1cc(C2(c3ccnc(-c4cncnc4)c3)NC(N)c3ncccc32)cc(C)c1OC(F)F. The van der Waals surface area contributed by atoms with Crippen molar-refractivity contribution in [1.82, 2.24) is 25.3 Å².